The molecule has 0 amide bonds. The monoisotopic (exact) mass is 435 g/mol. The zero-order valence-corrected chi connectivity index (χ0v) is 17.8. The third-order valence-electron chi connectivity index (χ3n) is 4.44. The van der Waals surface area contributed by atoms with E-state index in [-0.39, 0.29) is 16.5 Å². The quantitative estimate of drug-likeness (QED) is 0.553. The normalized spacial score (nSPS) is 13.5. The molecule has 1 atom stereocenters. The number of hydrogen-bond donors (Lipinski definition) is 0. The fourth-order valence-electron chi connectivity index (χ4n) is 2.73. The predicted molar refractivity (Wildman–Crippen MR) is 108 cm³/mol. The van der Waals surface area contributed by atoms with Crippen molar-refractivity contribution in [3.63, 3.8) is 0 Å². The lowest BCUT2D eigenvalue weighted by atomic mass is 10.2. The Bertz CT molecular complexity index is 1210. The Labute approximate surface area is 169 Å². The molecule has 0 radical (unpaired) electrons. The smallest absolute Gasteiger partial charge is 0.228 e. The van der Waals surface area contributed by atoms with Crippen LogP contribution in [0.1, 0.15) is 23.6 Å². The van der Waals surface area contributed by atoms with E-state index in [1.165, 1.54) is 43.9 Å². The van der Waals surface area contributed by atoms with E-state index in [0.717, 1.165) is 4.31 Å². The number of rotatable bonds is 7. The highest BCUT2D eigenvalue weighted by Crippen LogP contribution is 2.26. The minimum atomic E-state index is -3.72. The maximum absolute atomic E-state index is 13.0. The van der Waals surface area contributed by atoms with Crippen LogP contribution in [-0.4, -0.2) is 55.4 Å². The Morgan fingerprint density at radius 2 is 1.69 bits per heavy atom. The standard InChI is InChI=1S/C18H21N5O4S2/c1-14(18-19-20-21-23(18)16-9-5-4-6-10-16)28(24,25)13-15-8-7-11-17(12-15)29(26,27)22(2)3/h4-12,14H,13H2,1-3H3/t14-/m1/s1. The van der Waals surface area contributed by atoms with Crippen molar-refractivity contribution in [3.05, 3.63) is 66.0 Å². The van der Waals surface area contributed by atoms with Crippen LogP contribution in [-0.2, 0) is 25.6 Å². The first kappa shape index (κ1) is 21.1. The van der Waals surface area contributed by atoms with E-state index < -0.39 is 25.1 Å². The van der Waals surface area contributed by atoms with Gasteiger partial charge in [0.25, 0.3) is 0 Å². The molecule has 29 heavy (non-hydrogen) atoms. The van der Waals surface area contributed by atoms with Gasteiger partial charge in [0.1, 0.15) is 5.25 Å². The number of nitrogens with zero attached hydrogens (tertiary/aromatic N) is 5. The number of sulfonamides is 1. The third-order valence-corrected chi connectivity index (χ3v) is 8.28. The van der Waals surface area contributed by atoms with Gasteiger partial charge in [-0.3, -0.25) is 0 Å². The lowest BCUT2D eigenvalue weighted by molar-refractivity contribution is 0.520. The van der Waals surface area contributed by atoms with Gasteiger partial charge < -0.3 is 0 Å². The average molecular weight is 436 g/mol. The molecule has 0 aliphatic carbocycles. The fraction of sp³-hybridized carbons (Fsp3) is 0.278. The summed E-state index contributed by atoms with van der Waals surface area (Å²) in [5.74, 6) is -0.152. The van der Waals surface area contributed by atoms with Gasteiger partial charge in [-0.05, 0) is 47.2 Å². The molecule has 1 heterocycles. The lowest BCUT2D eigenvalue weighted by Crippen LogP contribution is -2.22. The Morgan fingerprint density at radius 1 is 1.00 bits per heavy atom. The van der Waals surface area contributed by atoms with E-state index in [4.69, 9.17) is 0 Å². The number of sulfone groups is 1. The fourth-order valence-corrected chi connectivity index (χ4v) is 5.06. The molecule has 154 valence electrons. The summed E-state index contributed by atoms with van der Waals surface area (Å²) in [5, 5.41) is 10.4. The number of aromatic nitrogens is 4. The summed E-state index contributed by atoms with van der Waals surface area (Å²) in [6, 6.07) is 14.9. The first-order valence-corrected chi connectivity index (χ1v) is 11.9. The van der Waals surface area contributed by atoms with E-state index in [9.17, 15) is 16.8 Å². The Morgan fingerprint density at radius 3 is 2.34 bits per heavy atom. The highest BCUT2D eigenvalue weighted by molar-refractivity contribution is 7.90. The molecule has 2 aromatic carbocycles. The van der Waals surface area contributed by atoms with Crippen LogP contribution in [0.2, 0.25) is 0 Å². The van der Waals surface area contributed by atoms with E-state index >= 15 is 0 Å². The molecule has 0 saturated carbocycles. The SMILES string of the molecule is C[C@H](c1nnnn1-c1ccccc1)S(=O)(=O)Cc1cccc(S(=O)(=O)N(C)C)c1. The van der Waals surface area contributed by atoms with Crippen molar-refractivity contribution < 1.29 is 16.8 Å². The number of hydrogen-bond acceptors (Lipinski definition) is 7. The summed E-state index contributed by atoms with van der Waals surface area (Å²) in [5.41, 5.74) is 1.02. The van der Waals surface area contributed by atoms with E-state index in [0.29, 0.717) is 11.3 Å². The van der Waals surface area contributed by atoms with Gasteiger partial charge in [-0.15, -0.1) is 5.10 Å². The van der Waals surface area contributed by atoms with Crippen LogP contribution in [0.5, 0.6) is 0 Å². The molecule has 11 heteroatoms. The summed E-state index contributed by atoms with van der Waals surface area (Å²) in [4.78, 5) is 0.0389. The van der Waals surface area contributed by atoms with Crippen LogP contribution in [0.4, 0.5) is 0 Å². The molecule has 0 saturated heterocycles. The zero-order chi connectivity index (χ0) is 21.2. The third kappa shape index (κ3) is 4.36. The van der Waals surface area contributed by atoms with Crippen LogP contribution in [0.3, 0.4) is 0 Å². The first-order chi connectivity index (χ1) is 13.6. The molecule has 3 rings (SSSR count). The molecule has 0 aliphatic rings. The van der Waals surface area contributed by atoms with Gasteiger partial charge in [-0.1, -0.05) is 30.3 Å². The van der Waals surface area contributed by atoms with Crippen LogP contribution in [0, 0.1) is 0 Å². The number of tetrazole rings is 1. The van der Waals surface area contributed by atoms with Crippen molar-refractivity contribution in [1.82, 2.24) is 24.5 Å². The van der Waals surface area contributed by atoms with Crippen LogP contribution >= 0.6 is 0 Å². The Hall–Kier alpha value is -2.63. The van der Waals surface area contributed by atoms with Crippen LogP contribution in [0.15, 0.2) is 59.5 Å². The maximum atomic E-state index is 13.0. The van der Waals surface area contributed by atoms with Gasteiger partial charge in [-0.25, -0.2) is 21.1 Å². The van der Waals surface area contributed by atoms with Gasteiger partial charge in [0.05, 0.1) is 16.3 Å². The highest BCUT2D eigenvalue weighted by atomic mass is 32.2. The van der Waals surface area contributed by atoms with E-state index in [1.807, 2.05) is 6.07 Å². The molecular weight excluding hydrogens is 414 g/mol. The predicted octanol–water partition coefficient (Wildman–Crippen LogP) is 1.59. The zero-order valence-electron chi connectivity index (χ0n) is 16.2. The molecule has 3 aromatic rings. The summed E-state index contributed by atoms with van der Waals surface area (Å²) in [6.07, 6.45) is 0. The molecule has 9 nitrogen and oxygen atoms in total. The van der Waals surface area contributed by atoms with E-state index in [2.05, 4.69) is 15.5 Å². The van der Waals surface area contributed by atoms with Crippen molar-refractivity contribution >= 4 is 19.9 Å². The van der Waals surface area contributed by atoms with Crippen molar-refractivity contribution in [2.75, 3.05) is 14.1 Å². The number of para-hydroxylation sites is 1. The Balaban J connectivity index is 1.91. The highest BCUT2D eigenvalue weighted by Gasteiger charge is 2.29. The minimum Gasteiger partial charge on any atom is -0.228 e. The summed E-state index contributed by atoms with van der Waals surface area (Å²) >= 11 is 0. The van der Waals surface area contributed by atoms with Gasteiger partial charge in [0, 0.05) is 14.1 Å². The molecule has 0 fully saturated rings. The minimum absolute atomic E-state index is 0.0389. The van der Waals surface area contributed by atoms with Gasteiger partial charge in [0.15, 0.2) is 15.7 Å². The summed E-state index contributed by atoms with van der Waals surface area (Å²) in [7, 11) is -4.54. The number of benzene rings is 2. The summed E-state index contributed by atoms with van der Waals surface area (Å²) < 4.78 is 53.1. The van der Waals surface area contributed by atoms with Crippen molar-refractivity contribution in [1.29, 1.82) is 0 Å². The molecule has 1 aromatic heterocycles. The van der Waals surface area contributed by atoms with Gasteiger partial charge >= 0.3 is 0 Å². The second kappa shape index (κ2) is 8.01. The van der Waals surface area contributed by atoms with E-state index in [1.54, 1.807) is 30.3 Å². The molecule has 0 unspecified atom stereocenters. The molecule has 0 spiro atoms. The maximum Gasteiger partial charge on any atom is 0.242 e. The molecule has 0 bridgehead atoms. The second-order valence-electron chi connectivity index (χ2n) is 6.67. The van der Waals surface area contributed by atoms with Crippen LogP contribution < -0.4 is 0 Å². The molecule has 0 N–H and O–H groups in total. The summed E-state index contributed by atoms with van der Waals surface area (Å²) in [6.45, 7) is 1.51. The van der Waals surface area contributed by atoms with Crippen molar-refractivity contribution in [2.45, 2.75) is 22.8 Å². The van der Waals surface area contributed by atoms with Gasteiger partial charge in [-0.2, -0.15) is 4.68 Å². The molecular formula is C18H21N5O4S2. The second-order valence-corrected chi connectivity index (χ2v) is 11.1. The Kier molecular flexibility index (Phi) is 5.82. The lowest BCUT2D eigenvalue weighted by Gasteiger charge is -2.15. The van der Waals surface area contributed by atoms with Crippen molar-refractivity contribution in [2.24, 2.45) is 0 Å². The molecule has 0 aliphatic heterocycles. The average Bonchev–Trinajstić information content (AvgIpc) is 3.17. The van der Waals surface area contributed by atoms with Crippen LogP contribution in [0.25, 0.3) is 5.69 Å². The van der Waals surface area contributed by atoms with Gasteiger partial charge in [0.2, 0.25) is 10.0 Å². The first-order valence-electron chi connectivity index (χ1n) is 8.69. The topological polar surface area (TPSA) is 115 Å². The van der Waals surface area contributed by atoms with Crippen molar-refractivity contribution in [3.8, 4) is 5.69 Å². The largest absolute Gasteiger partial charge is 0.242 e.